The van der Waals surface area contributed by atoms with E-state index in [4.69, 9.17) is 39.3 Å². The van der Waals surface area contributed by atoms with Crippen molar-refractivity contribution >= 4 is 51.9 Å². The molecule has 2 aromatic carbocycles. The van der Waals surface area contributed by atoms with Crippen LogP contribution in [-0.4, -0.2) is 78.6 Å². The van der Waals surface area contributed by atoms with Crippen LogP contribution < -0.4 is 15.0 Å². The zero-order valence-corrected chi connectivity index (χ0v) is 31.4. The SMILES string of the molecule is O=S=O.[C-]#[N+]c1cn2[nH]c(-c3ccc(N4CCOCC4)c(Nc4cc(C)ccc4OC(C)CCC(=O)O)c3)nc2c1C(=O)OC1C(C)CC(C)CC1C. The van der Waals surface area contributed by atoms with Crippen LogP contribution in [0.1, 0.15) is 69.3 Å². The van der Waals surface area contributed by atoms with Crippen LogP contribution in [0.2, 0.25) is 0 Å². The summed E-state index contributed by atoms with van der Waals surface area (Å²) in [5, 5.41) is 16.0. The van der Waals surface area contributed by atoms with Crippen LogP contribution in [0, 0.1) is 31.2 Å². The molecule has 3 N–H and O–H groups in total. The first-order valence-corrected chi connectivity index (χ1v) is 18.4. The molecule has 1 aliphatic carbocycles. The number of benzene rings is 2. The van der Waals surface area contributed by atoms with Crippen molar-refractivity contribution in [3.63, 3.8) is 0 Å². The molecule has 2 aromatic heterocycles. The number of aromatic amines is 1. The highest BCUT2D eigenvalue weighted by Crippen LogP contribution is 2.39. The fraction of sp³-hybridized carbons (Fsp3) is 0.474. The standard InChI is InChI=1S/C38H46N6O6.O2S/c1-22-7-11-32(49-26(5)8-12-33(45)46)29(19-22)40-28-20-27(9-10-31(28)43-13-15-48-16-14-43)36-41-37-34(30(39-6)21-44(37)42-36)38(47)50-35-24(3)17-23(2)18-25(35)4;1-3-2/h7,9-11,19-21,23-26,35,40H,8,12-18H2,1-5H3,(H,41,42)(H,45,46);. The lowest BCUT2D eigenvalue weighted by molar-refractivity contribution is -0.137. The molecule has 14 nitrogen and oxygen atoms in total. The van der Waals surface area contributed by atoms with E-state index >= 15 is 0 Å². The van der Waals surface area contributed by atoms with E-state index in [-0.39, 0.29) is 41.7 Å². The van der Waals surface area contributed by atoms with Gasteiger partial charge in [-0.2, -0.15) is 8.42 Å². The van der Waals surface area contributed by atoms with Gasteiger partial charge < -0.3 is 29.5 Å². The first kappa shape index (κ1) is 39.0. The maximum absolute atomic E-state index is 13.7. The van der Waals surface area contributed by atoms with E-state index in [1.165, 1.54) is 0 Å². The minimum Gasteiger partial charge on any atom is -0.489 e. The molecule has 3 unspecified atom stereocenters. The first-order chi connectivity index (χ1) is 25.4. The molecule has 1 saturated carbocycles. The molecular formula is C38H46N6O8S. The van der Waals surface area contributed by atoms with E-state index in [0.29, 0.717) is 42.8 Å². The van der Waals surface area contributed by atoms with Crippen molar-refractivity contribution in [3.8, 4) is 17.1 Å². The van der Waals surface area contributed by atoms with Gasteiger partial charge in [-0.25, -0.2) is 14.6 Å². The van der Waals surface area contributed by atoms with Crippen molar-refractivity contribution in [2.75, 3.05) is 36.5 Å². The molecule has 3 atom stereocenters. The normalized spacial score (nSPS) is 20.4. The Morgan fingerprint density at radius 1 is 1.11 bits per heavy atom. The van der Waals surface area contributed by atoms with E-state index in [1.54, 1.807) is 10.7 Å². The summed E-state index contributed by atoms with van der Waals surface area (Å²) >= 11 is -0.750. The minimum atomic E-state index is -0.859. The number of anilines is 3. The predicted molar refractivity (Wildman–Crippen MR) is 201 cm³/mol. The Hall–Kier alpha value is -5.20. The second kappa shape index (κ2) is 17.5. The Labute approximate surface area is 312 Å². The number of ether oxygens (including phenoxy) is 3. The van der Waals surface area contributed by atoms with Gasteiger partial charge in [-0.15, -0.1) is 0 Å². The minimum absolute atomic E-state index is 0.0195. The number of morpholine rings is 1. The Bertz CT molecular complexity index is 2000. The van der Waals surface area contributed by atoms with Crippen LogP contribution in [0.3, 0.4) is 0 Å². The Balaban J connectivity index is 0.00000175. The third-order valence-electron chi connectivity index (χ3n) is 9.76. The Kier molecular flexibility index (Phi) is 12.9. The summed E-state index contributed by atoms with van der Waals surface area (Å²) in [6, 6.07) is 11.9. The predicted octanol–water partition coefficient (Wildman–Crippen LogP) is 6.96. The van der Waals surface area contributed by atoms with E-state index in [0.717, 1.165) is 54.1 Å². The molecule has 4 aromatic rings. The highest BCUT2D eigenvalue weighted by Gasteiger charge is 2.36. The maximum Gasteiger partial charge on any atom is 0.335 e. The second-order valence-electron chi connectivity index (χ2n) is 14.1. The first-order valence-electron chi connectivity index (χ1n) is 17.8. The van der Waals surface area contributed by atoms with Crippen molar-refractivity contribution < 1.29 is 37.3 Å². The molecule has 6 rings (SSSR count). The monoisotopic (exact) mass is 746 g/mol. The number of carboxylic acid groups (broad SMARTS) is 1. The number of esters is 1. The van der Waals surface area contributed by atoms with Crippen LogP contribution in [0.25, 0.3) is 21.9 Å². The number of hydrogen-bond donors (Lipinski definition) is 3. The lowest BCUT2D eigenvalue weighted by atomic mass is 9.75. The quantitative estimate of drug-likeness (QED) is 0.107. The molecule has 3 heterocycles. The van der Waals surface area contributed by atoms with Gasteiger partial charge >= 0.3 is 23.5 Å². The molecule has 53 heavy (non-hydrogen) atoms. The Morgan fingerprint density at radius 3 is 2.47 bits per heavy atom. The number of aromatic nitrogens is 3. The summed E-state index contributed by atoms with van der Waals surface area (Å²) in [5.41, 5.74) is 5.05. The average Bonchev–Trinajstić information content (AvgIpc) is 3.69. The summed E-state index contributed by atoms with van der Waals surface area (Å²) < 4.78 is 36.2. The van der Waals surface area contributed by atoms with Gasteiger partial charge in [0, 0.05) is 31.3 Å². The van der Waals surface area contributed by atoms with Gasteiger partial charge in [-0.3, -0.25) is 14.4 Å². The third-order valence-corrected chi connectivity index (χ3v) is 9.76. The molecule has 0 spiro atoms. The fourth-order valence-corrected chi connectivity index (χ4v) is 7.40. The number of aryl methyl sites for hydroxylation is 1. The fourth-order valence-electron chi connectivity index (χ4n) is 7.40. The van der Waals surface area contributed by atoms with Crippen LogP contribution in [0.15, 0.2) is 42.6 Å². The van der Waals surface area contributed by atoms with Gasteiger partial charge in [-0.05, 0) is 86.8 Å². The number of hydrogen-bond acceptors (Lipinski definition) is 10. The van der Waals surface area contributed by atoms with E-state index in [1.807, 2.05) is 50.2 Å². The third kappa shape index (κ3) is 9.43. The zero-order valence-electron chi connectivity index (χ0n) is 30.6. The van der Waals surface area contributed by atoms with Crippen LogP contribution in [-0.2, 0) is 25.8 Å². The van der Waals surface area contributed by atoms with Crippen molar-refractivity contribution in [2.45, 2.75) is 72.5 Å². The van der Waals surface area contributed by atoms with Gasteiger partial charge in [0.15, 0.2) is 11.5 Å². The largest absolute Gasteiger partial charge is 0.489 e. The molecule has 0 radical (unpaired) electrons. The summed E-state index contributed by atoms with van der Waals surface area (Å²) in [7, 11) is 0. The van der Waals surface area contributed by atoms with E-state index in [2.05, 4.69) is 40.9 Å². The molecule has 0 amide bonds. The zero-order chi connectivity index (χ0) is 38.2. The summed E-state index contributed by atoms with van der Waals surface area (Å²) in [4.78, 5) is 35.6. The van der Waals surface area contributed by atoms with Crippen molar-refractivity contribution in [3.05, 3.63) is 65.1 Å². The van der Waals surface area contributed by atoms with E-state index in [9.17, 15) is 9.59 Å². The maximum atomic E-state index is 13.7. The number of fused-ring (bicyclic) bond motifs is 1. The van der Waals surface area contributed by atoms with Crippen molar-refractivity contribution in [1.82, 2.24) is 14.6 Å². The smallest absolute Gasteiger partial charge is 0.335 e. The number of carbonyl (C=O) groups is 2. The average molecular weight is 747 g/mol. The number of aliphatic carboxylic acids is 1. The molecule has 1 saturated heterocycles. The molecule has 282 valence electrons. The molecule has 15 heteroatoms. The number of carboxylic acids is 1. The second-order valence-corrected chi connectivity index (χ2v) is 14.2. The molecule has 2 fully saturated rings. The highest BCUT2D eigenvalue weighted by molar-refractivity contribution is 7.51. The lowest BCUT2D eigenvalue weighted by Gasteiger charge is -2.37. The van der Waals surface area contributed by atoms with Gasteiger partial charge in [0.1, 0.15) is 17.4 Å². The summed E-state index contributed by atoms with van der Waals surface area (Å²) in [6.45, 7) is 20.8. The summed E-state index contributed by atoms with van der Waals surface area (Å²) in [5.74, 6) is 0.792. The van der Waals surface area contributed by atoms with Crippen LogP contribution >= 0.6 is 0 Å². The summed E-state index contributed by atoms with van der Waals surface area (Å²) in [6.07, 6.45) is 3.45. The topological polar surface area (TPSA) is 169 Å². The Morgan fingerprint density at radius 2 is 1.81 bits per heavy atom. The van der Waals surface area contributed by atoms with Crippen LogP contribution in [0.4, 0.5) is 22.7 Å². The number of carbonyl (C=O) groups excluding carboxylic acids is 1. The number of nitrogens with one attached hydrogen (secondary N) is 2. The lowest BCUT2D eigenvalue weighted by Crippen LogP contribution is -2.37. The van der Waals surface area contributed by atoms with Gasteiger partial charge in [0.05, 0.1) is 43.0 Å². The van der Waals surface area contributed by atoms with Gasteiger partial charge in [0.2, 0.25) is 5.69 Å². The van der Waals surface area contributed by atoms with Crippen molar-refractivity contribution in [2.24, 2.45) is 17.8 Å². The molecule has 1 aliphatic heterocycles. The highest BCUT2D eigenvalue weighted by atomic mass is 32.1. The van der Waals surface area contributed by atoms with E-state index < -0.39 is 23.5 Å². The van der Waals surface area contributed by atoms with Crippen LogP contribution in [0.5, 0.6) is 5.75 Å². The molecule has 2 aliphatic rings. The van der Waals surface area contributed by atoms with Crippen molar-refractivity contribution in [1.29, 1.82) is 0 Å². The number of H-pyrrole nitrogens is 1. The molecular weight excluding hydrogens is 701 g/mol. The van der Waals surface area contributed by atoms with Gasteiger partial charge in [0.25, 0.3) is 0 Å². The number of rotatable bonds is 11. The number of nitrogens with zero attached hydrogens (tertiary/aromatic N) is 4. The van der Waals surface area contributed by atoms with Gasteiger partial charge in [-0.1, -0.05) is 26.8 Å². The molecule has 0 bridgehead atoms.